The summed E-state index contributed by atoms with van der Waals surface area (Å²) < 4.78 is 39.0. The second kappa shape index (κ2) is 5.13. The Morgan fingerprint density at radius 1 is 1.53 bits per heavy atom. The van der Waals surface area contributed by atoms with Gasteiger partial charge in [0.05, 0.1) is 0 Å². The van der Waals surface area contributed by atoms with Gasteiger partial charge in [0.25, 0.3) is 0 Å². The molecule has 0 saturated carbocycles. The zero-order valence-corrected chi connectivity index (χ0v) is 9.32. The number of ketones is 1. The summed E-state index contributed by atoms with van der Waals surface area (Å²) in [5.74, 6) is -0.307. The second-order valence-corrected chi connectivity index (χ2v) is 3.77. The minimum absolute atomic E-state index is 0.00220. The third kappa shape index (κ3) is 4.81. The van der Waals surface area contributed by atoms with E-state index in [1.807, 2.05) is 5.32 Å². The van der Waals surface area contributed by atoms with Gasteiger partial charge in [-0.05, 0) is 0 Å². The fourth-order valence-corrected chi connectivity index (χ4v) is 1.50. The number of Topliss-reactive ketones (excluding diaryl/α,β-unsaturated/α-hetero) is 1. The number of carbonyl (C=O) groups is 2. The van der Waals surface area contributed by atoms with Gasteiger partial charge in [-0.2, -0.15) is 13.2 Å². The molecule has 9 heteroatoms. The highest BCUT2D eigenvalue weighted by atomic mass is 32.1. The zero-order chi connectivity index (χ0) is 13.1. The maximum absolute atomic E-state index is 11.7. The summed E-state index contributed by atoms with van der Waals surface area (Å²) in [6, 6.07) is 0. The van der Waals surface area contributed by atoms with Gasteiger partial charge in [0, 0.05) is 12.3 Å². The van der Waals surface area contributed by atoms with Crippen LogP contribution in [0.3, 0.4) is 0 Å². The number of carbonyl (C=O) groups excluding carboxylic acids is 2. The molecule has 94 valence electrons. The fourth-order valence-electron chi connectivity index (χ4n) is 0.764. The standard InChI is InChI=1S/C8H7F3N2O3S/c1-4(14)5-2-17-6(12-5)13-7(15)16-3-8(9,10)11/h2H,3H2,1H3,(H,12,13,15). The van der Waals surface area contributed by atoms with Crippen LogP contribution in [0.4, 0.5) is 23.1 Å². The van der Waals surface area contributed by atoms with E-state index in [4.69, 9.17) is 0 Å². The van der Waals surface area contributed by atoms with Crippen LogP contribution in [0, 0.1) is 0 Å². The molecule has 0 spiro atoms. The summed E-state index contributed by atoms with van der Waals surface area (Å²) in [6.07, 6.45) is -5.85. The molecule has 0 aromatic carbocycles. The van der Waals surface area contributed by atoms with Crippen molar-refractivity contribution in [3.63, 3.8) is 0 Å². The lowest BCUT2D eigenvalue weighted by molar-refractivity contribution is -0.159. The lowest BCUT2D eigenvalue weighted by atomic mass is 10.4. The van der Waals surface area contributed by atoms with Crippen molar-refractivity contribution in [3.05, 3.63) is 11.1 Å². The third-order valence-electron chi connectivity index (χ3n) is 1.44. The van der Waals surface area contributed by atoms with Gasteiger partial charge in [-0.25, -0.2) is 9.78 Å². The van der Waals surface area contributed by atoms with Crippen molar-refractivity contribution < 1.29 is 27.5 Å². The van der Waals surface area contributed by atoms with Crippen LogP contribution in [0.2, 0.25) is 0 Å². The largest absolute Gasteiger partial charge is 0.440 e. The predicted octanol–water partition coefficient (Wildman–Crippen LogP) is 2.46. The van der Waals surface area contributed by atoms with Crippen LogP contribution in [0.25, 0.3) is 0 Å². The lowest BCUT2D eigenvalue weighted by Gasteiger charge is -2.07. The zero-order valence-electron chi connectivity index (χ0n) is 8.50. The molecule has 1 aromatic rings. The highest BCUT2D eigenvalue weighted by molar-refractivity contribution is 7.14. The highest BCUT2D eigenvalue weighted by Gasteiger charge is 2.29. The van der Waals surface area contributed by atoms with Crippen LogP contribution in [0.1, 0.15) is 17.4 Å². The normalized spacial score (nSPS) is 11.1. The lowest BCUT2D eigenvalue weighted by Crippen LogP contribution is -2.23. The van der Waals surface area contributed by atoms with Crippen molar-refractivity contribution in [2.24, 2.45) is 0 Å². The number of hydrogen-bond acceptors (Lipinski definition) is 5. The summed E-state index contributed by atoms with van der Waals surface area (Å²) in [7, 11) is 0. The summed E-state index contributed by atoms with van der Waals surface area (Å²) in [5, 5.41) is 3.36. The quantitative estimate of drug-likeness (QED) is 0.855. The van der Waals surface area contributed by atoms with Gasteiger partial charge in [0.2, 0.25) is 0 Å². The molecule has 0 aliphatic heterocycles. The van der Waals surface area contributed by atoms with Crippen LogP contribution in [-0.2, 0) is 4.74 Å². The van der Waals surface area contributed by atoms with Gasteiger partial charge in [-0.15, -0.1) is 11.3 Å². The van der Waals surface area contributed by atoms with Gasteiger partial charge < -0.3 is 4.74 Å². The Morgan fingerprint density at radius 3 is 2.65 bits per heavy atom. The molecule has 1 rings (SSSR count). The Labute approximate surface area is 97.6 Å². The molecular weight excluding hydrogens is 261 g/mol. The van der Waals surface area contributed by atoms with E-state index in [2.05, 4.69) is 9.72 Å². The Morgan fingerprint density at radius 2 is 2.18 bits per heavy atom. The maximum atomic E-state index is 11.7. The SMILES string of the molecule is CC(=O)c1csc(NC(=O)OCC(F)(F)F)n1. The van der Waals surface area contributed by atoms with Crippen molar-refractivity contribution in [1.82, 2.24) is 4.98 Å². The number of hydrogen-bond donors (Lipinski definition) is 1. The number of amides is 1. The number of alkyl halides is 3. The minimum atomic E-state index is -4.58. The Hall–Kier alpha value is -1.64. The average Bonchev–Trinajstić information content (AvgIpc) is 2.62. The molecule has 0 fully saturated rings. The van der Waals surface area contributed by atoms with Gasteiger partial charge in [0.1, 0.15) is 5.69 Å². The van der Waals surface area contributed by atoms with E-state index >= 15 is 0 Å². The molecule has 0 atom stereocenters. The van der Waals surface area contributed by atoms with Crippen molar-refractivity contribution in [2.75, 3.05) is 11.9 Å². The van der Waals surface area contributed by atoms with E-state index < -0.39 is 18.9 Å². The third-order valence-corrected chi connectivity index (χ3v) is 2.20. The molecule has 1 aromatic heterocycles. The molecule has 1 amide bonds. The van der Waals surface area contributed by atoms with Crippen LogP contribution in [0.5, 0.6) is 0 Å². The van der Waals surface area contributed by atoms with Crippen LogP contribution < -0.4 is 5.32 Å². The Bertz CT molecular complexity index is 430. The molecule has 0 aliphatic carbocycles. The summed E-state index contributed by atoms with van der Waals surface area (Å²) in [6.45, 7) is -0.398. The van der Waals surface area contributed by atoms with Crippen LogP contribution in [0.15, 0.2) is 5.38 Å². The molecule has 0 radical (unpaired) electrons. The minimum Gasteiger partial charge on any atom is -0.440 e. The first kappa shape index (κ1) is 13.4. The number of thiazole rings is 1. The molecule has 17 heavy (non-hydrogen) atoms. The number of anilines is 1. The molecule has 1 heterocycles. The van der Waals surface area contributed by atoms with E-state index in [1.54, 1.807) is 0 Å². The number of nitrogens with zero attached hydrogens (tertiary/aromatic N) is 1. The van der Waals surface area contributed by atoms with E-state index in [0.29, 0.717) is 0 Å². The van der Waals surface area contributed by atoms with Crippen molar-refractivity contribution in [3.8, 4) is 0 Å². The van der Waals surface area contributed by atoms with Crippen LogP contribution in [-0.4, -0.2) is 29.6 Å². The topological polar surface area (TPSA) is 68.3 Å². The molecule has 0 saturated heterocycles. The van der Waals surface area contributed by atoms with Crippen LogP contribution >= 0.6 is 11.3 Å². The van der Waals surface area contributed by atoms with Crippen molar-refractivity contribution in [1.29, 1.82) is 0 Å². The van der Waals surface area contributed by atoms with E-state index in [-0.39, 0.29) is 16.6 Å². The number of nitrogens with one attached hydrogen (secondary N) is 1. The number of halogens is 3. The molecule has 0 bridgehead atoms. The summed E-state index contributed by atoms with van der Waals surface area (Å²) in [4.78, 5) is 25.4. The number of ether oxygens (including phenoxy) is 1. The smallest absolute Gasteiger partial charge is 0.422 e. The van der Waals surface area contributed by atoms with E-state index in [9.17, 15) is 22.8 Å². The molecular formula is C8H7F3N2O3S. The van der Waals surface area contributed by atoms with Gasteiger partial charge in [0.15, 0.2) is 17.5 Å². The van der Waals surface area contributed by atoms with Gasteiger partial charge in [-0.3, -0.25) is 10.1 Å². The Kier molecular flexibility index (Phi) is 4.05. The van der Waals surface area contributed by atoms with Crippen molar-refractivity contribution >= 4 is 28.3 Å². The van der Waals surface area contributed by atoms with Gasteiger partial charge >= 0.3 is 12.3 Å². The van der Waals surface area contributed by atoms with E-state index in [1.165, 1.54) is 12.3 Å². The van der Waals surface area contributed by atoms with E-state index in [0.717, 1.165) is 11.3 Å². The highest BCUT2D eigenvalue weighted by Crippen LogP contribution is 2.17. The maximum Gasteiger partial charge on any atom is 0.422 e. The first-order valence-electron chi connectivity index (χ1n) is 4.25. The van der Waals surface area contributed by atoms with Gasteiger partial charge in [-0.1, -0.05) is 0 Å². The molecule has 5 nitrogen and oxygen atoms in total. The van der Waals surface area contributed by atoms with Crippen molar-refractivity contribution in [2.45, 2.75) is 13.1 Å². The summed E-state index contributed by atoms with van der Waals surface area (Å²) >= 11 is 0.914. The average molecular weight is 268 g/mol. The number of rotatable bonds is 3. The Balaban J connectivity index is 2.48. The molecule has 0 aliphatic rings. The monoisotopic (exact) mass is 268 g/mol. The summed E-state index contributed by atoms with van der Waals surface area (Å²) in [5.41, 5.74) is 0.126. The fraction of sp³-hybridized carbons (Fsp3) is 0.375. The molecule has 0 unspecified atom stereocenters. The molecule has 1 N–H and O–H groups in total. The second-order valence-electron chi connectivity index (χ2n) is 2.91. The first-order valence-corrected chi connectivity index (χ1v) is 5.13. The first-order chi connectivity index (χ1) is 7.78. The number of aromatic nitrogens is 1. The predicted molar refractivity (Wildman–Crippen MR) is 53.1 cm³/mol.